The lowest BCUT2D eigenvalue weighted by atomic mass is 10.2. The number of nitrogen functional groups attached to an aromatic ring is 1. The standard InChI is InChI=1S/C8H7N5O2S/c9-12-7(10-11-8(12)16)5-2-1-3-6(4-5)13(14)15/h1-4H,9H2,(H,11,16). The number of benzene rings is 1. The topological polar surface area (TPSA) is 103 Å². The van der Waals surface area contributed by atoms with Gasteiger partial charge in [-0.2, -0.15) is 5.10 Å². The molecule has 1 aromatic heterocycles. The molecule has 0 spiro atoms. The molecular weight excluding hydrogens is 230 g/mol. The zero-order chi connectivity index (χ0) is 11.7. The van der Waals surface area contributed by atoms with Gasteiger partial charge in [0.25, 0.3) is 5.69 Å². The molecule has 82 valence electrons. The van der Waals surface area contributed by atoms with Crippen LogP contribution >= 0.6 is 12.2 Å². The summed E-state index contributed by atoms with van der Waals surface area (Å²) in [4.78, 5) is 10.1. The first-order valence-electron chi connectivity index (χ1n) is 4.27. The molecule has 0 fully saturated rings. The number of nitro groups is 1. The zero-order valence-electron chi connectivity index (χ0n) is 7.95. The van der Waals surface area contributed by atoms with Gasteiger partial charge in [-0.25, -0.2) is 9.77 Å². The van der Waals surface area contributed by atoms with Crippen molar-refractivity contribution in [3.63, 3.8) is 0 Å². The van der Waals surface area contributed by atoms with Crippen LogP contribution in [0.1, 0.15) is 0 Å². The van der Waals surface area contributed by atoms with Crippen LogP contribution in [0.5, 0.6) is 0 Å². The van der Waals surface area contributed by atoms with E-state index in [4.69, 9.17) is 18.1 Å². The van der Waals surface area contributed by atoms with E-state index in [0.29, 0.717) is 11.4 Å². The molecule has 0 atom stereocenters. The second-order valence-electron chi connectivity index (χ2n) is 3.03. The molecule has 16 heavy (non-hydrogen) atoms. The van der Waals surface area contributed by atoms with Gasteiger partial charge >= 0.3 is 0 Å². The van der Waals surface area contributed by atoms with Gasteiger partial charge in [0.2, 0.25) is 4.77 Å². The summed E-state index contributed by atoms with van der Waals surface area (Å²) in [5, 5.41) is 17.0. The number of H-pyrrole nitrogens is 1. The van der Waals surface area contributed by atoms with Crippen molar-refractivity contribution in [1.82, 2.24) is 14.9 Å². The van der Waals surface area contributed by atoms with Crippen molar-refractivity contribution in [3.8, 4) is 11.4 Å². The van der Waals surface area contributed by atoms with Crippen LogP contribution in [0, 0.1) is 14.9 Å². The molecule has 7 nitrogen and oxygen atoms in total. The number of non-ortho nitro benzene ring substituents is 1. The van der Waals surface area contributed by atoms with Crippen molar-refractivity contribution in [2.24, 2.45) is 0 Å². The Balaban J connectivity index is 2.57. The maximum absolute atomic E-state index is 10.6. The predicted octanol–water partition coefficient (Wildman–Crippen LogP) is 1.23. The number of nitrogens with one attached hydrogen (secondary N) is 1. The van der Waals surface area contributed by atoms with Crippen LogP contribution in [-0.2, 0) is 0 Å². The zero-order valence-corrected chi connectivity index (χ0v) is 8.77. The summed E-state index contributed by atoms with van der Waals surface area (Å²) in [5.41, 5.74) is 0.510. The van der Waals surface area contributed by atoms with Gasteiger partial charge in [-0.1, -0.05) is 12.1 Å². The minimum absolute atomic E-state index is 0.0218. The maximum atomic E-state index is 10.6. The first-order chi connectivity index (χ1) is 7.59. The van der Waals surface area contributed by atoms with Crippen LogP contribution in [-0.4, -0.2) is 19.8 Å². The molecule has 0 unspecified atom stereocenters. The van der Waals surface area contributed by atoms with Crippen LogP contribution in [0.4, 0.5) is 5.69 Å². The summed E-state index contributed by atoms with van der Waals surface area (Å²) >= 11 is 4.84. The number of aromatic nitrogens is 3. The van der Waals surface area contributed by atoms with E-state index in [9.17, 15) is 10.1 Å². The molecule has 2 aromatic rings. The van der Waals surface area contributed by atoms with Crippen LogP contribution in [0.3, 0.4) is 0 Å². The summed E-state index contributed by atoms with van der Waals surface area (Å²) in [7, 11) is 0. The maximum Gasteiger partial charge on any atom is 0.270 e. The summed E-state index contributed by atoms with van der Waals surface area (Å²) < 4.78 is 1.41. The fourth-order valence-corrected chi connectivity index (χ4v) is 1.40. The van der Waals surface area contributed by atoms with E-state index in [-0.39, 0.29) is 10.5 Å². The molecule has 2 rings (SSSR count). The summed E-state index contributed by atoms with van der Waals surface area (Å²) in [6, 6.07) is 6.01. The van der Waals surface area contributed by atoms with Gasteiger partial charge in [0, 0.05) is 17.7 Å². The number of aromatic amines is 1. The molecule has 0 saturated heterocycles. The normalized spacial score (nSPS) is 10.2. The molecular formula is C8H7N5O2S. The molecule has 3 N–H and O–H groups in total. The van der Waals surface area contributed by atoms with E-state index in [0.717, 1.165) is 4.68 Å². The SMILES string of the molecule is Nn1c(-c2cccc([N+](=O)[O-])c2)n[nH]c1=S. The molecule has 0 saturated carbocycles. The van der Waals surface area contributed by atoms with Gasteiger partial charge < -0.3 is 5.84 Å². The summed E-state index contributed by atoms with van der Waals surface area (Å²) in [6.07, 6.45) is 0. The molecule has 1 heterocycles. The monoisotopic (exact) mass is 237 g/mol. The Morgan fingerprint density at radius 3 is 2.88 bits per heavy atom. The van der Waals surface area contributed by atoms with Gasteiger partial charge in [-0.15, -0.1) is 0 Å². The van der Waals surface area contributed by atoms with Crippen molar-refractivity contribution in [2.45, 2.75) is 0 Å². The number of nitro benzene ring substituents is 1. The molecule has 1 aromatic carbocycles. The quantitative estimate of drug-likeness (QED) is 0.354. The third-order valence-corrected chi connectivity index (χ3v) is 2.31. The highest BCUT2D eigenvalue weighted by Crippen LogP contribution is 2.20. The van der Waals surface area contributed by atoms with E-state index in [2.05, 4.69) is 10.2 Å². The van der Waals surface area contributed by atoms with Crippen LogP contribution in [0.2, 0.25) is 0 Å². The van der Waals surface area contributed by atoms with E-state index < -0.39 is 4.92 Å². The van der Waals surface area contributed by atoms with Gasteiger partial charge in [-0.05, 0) is 12.2 Å². The van der Waals surface area contributed by atoms with E-state index in [1.165, 1.54) is 12.1 Å². The first kappa shape index (κ1) is 10.3. The van der Waals surface area contributed by atoms with Crippen LogP contribution < -0.4 is 5.84 Å². The minimum atomic E-state index is -0.481. The van der Waals surface area contributed by atoms with Gasteiger partial charge in [-0.3, -0.25) is 10.1 Å². The Hall–Kier alpha value is -2.22. The van der Waals surface area contributed by atoms with Crippen molar-refractivity contribution in [2.75, 3.05) is 5.84 Å². The van der Waals surface area contributed by atoms with Crippen molar-refractivity contribution >= 4 is 17.9 Å². The summed E-state index contributed by atoms with van der Waals surface area (Å²) in [5.74, 6) is 5.96. The minimum Gasteiger partial charge on any atom is -0.335 e. The highest BCUT2D eigenvalue weighted by molar-refractivity contribution is 7.71. The molecule has 0 bridgehead atoms. The number of rotatable bonds is 2. The molecule has 8 heteroatoms. The fourth-order valence-electron chi connectivity index (χ4n) is 1.27. The lowest BCUT2D eigenvalue weighted by molar-refractivity contribution is -0.384. The Morgan fingerprint density at radius 2 is 2.31 bits per heavy atom. The van der Waals surface area contributed by atoms with Gasteiger partial charge in [0.15, 0.2) is 5.82 Å². The second-order valence-corrected chi connectivity index (χ2v) is 3.42. The highest BCUT2D eigenvalue weighted by Gasteiger charge is 2.11. The molecule has 0 amide bonds. The number of hydrogen-bond acceptors (Lipinski definition) is 5. The van der Waals surface area contributed by atoms with E-state index in [1.54, 1.807) is 12.1 Å². The molecule has 0 aliphatic carbocycles. The molecule has 0 aliphatic heterocycles. The molecule has 0 radical (unpaired) electrons. The third-order valence-electron chi connectivity index (χ3n) is 2.02. The first-order valence-corrected chi connectivity index (χ1v) is 4.68. The Morgan fingerprint density at radius 1 is 1.56 bits per heavy atom. The lowest BCUT2D eigenvalue weighted by Crippen LogP contribution is -2.09. The van der Waals surface area contributed by atoms with Crippen molar-refractivity contribution in [1.29, 1.82) is 0 Å². The average Bonchev–Trinajstić information content (AvgIpc) is 2.60. The highest BCUT2D eigenvalue weighted by atomic mass is 32.1. The third kappa shape index (κ3) is 1.65. The lowest BCUT2D eigenvalue weighted by Gasteiger charge is -1.99. The Bertz CT molecular complexity index is 602. The predicted molar refractivity (Wildman–Crippen MR) is 59.7 cm³/mol. The molecule has 0 aliphatic rings. The largest absolute Gasteiger partial charge is 0.335 e. The number of hydrogen-bond donors (Lipinski definition) is 2. The second kappa shape index (κ2) is 3.74. The van der Waals surface area contributed by atoms with Crippen molar-refractivity contribution in [3.05, 3.63) is 39.2 Å². The smallest absolute Gasteiger partial charge is 0.270 e. The van der Waals surface area contributed by atoms with Crippen LogP contribution in [0.15, 0.2) is 24.3 Å². The average molecular weight is 237 g/mol. The van der Waals surface area contributed by atoms with Gasteiger partial charge in [0.05, 0.1) is 4.92 Å². The number of nitrogens with zero attached hydrogens (tertiary/aromatic N) is 3. The number of nitrogens with two attached hydrogens (primary N) is 1. The van der Waals surface area contributed by atoms with E-state index >= 15 is 0 Å². The summed E-state index contributed by atoms with van der Waals surface area (Å²) in [6.45, 7) is 0. The van der Waals surface area contributed by atoms with Crippen molar-refractivity contribution < 1.29 is 4.92 Å². The van der Waals surface area contributed by atoms with Crippen LogP contribution in [0.25, 0.3) is 11.4 Å². The fraction of sp³-hybridized carbons (Fsp3) is 0. The van der Waals surface area contributed by atoms with E-state index in [1.807, 2.05) is 0 Å². The van der Waals surface area contributed by atoms with Gasteiger partial charge in [0.1, 0.15) is 0 Å². The Labute approximate surface area is 94.6 Å². The Kier molecular flexibility index (Phi) is 2.41.